The summed E-state index contributed by atoms with van der Waals surface area (Å²) in [7, 11) is 1.82. The maximum absolute atomic E-state index is 13.5. The number of pyridine rings is 1. The van der Waals surface area contributed by atoms with Gasteiger partial charge >= 0.3 is 5.76 Å². The van der Waals surface area contributed by atoms with E-state index in [0.29, 0.717) is 34.0 Å². The van der Waals surface area contributed by atoms with Crippen LogP contribution in [0.5, 0.6) is 5.75 Å². The SMILES string of the molecule is CC(Oc1cc(-c2nn(C)c3c(-c4cnc(N5CCCC5)nc4)cnc(N)c23)ccc1NSC(F)F)c1ccc(F)cc1. The van der Waals surface area contributed by atoms with E-state index in [4.69, 9.17) is 15.6 Å². The molecule has 5 aromatic rings. The van der Waals surface area contributed by atoms with Gasteiger partial charge in [0.15, 0.2) is 0 Å². The van der Waals surface area contributed by atoms with Crippen molar-refractivity contribution in [2.75, 3.05) is 28.4 Å². The number of benzene rings is 2. The van der Waals surface area contributed by atoms with Crippen LogP contribution in [0.25, 0.3) is 33.3 Å². The highest BCUT2D eigenvalue weighted by atomic mass is 32.2. The number of hydrogen-bond acceptors (Lipinski definition) is 9. The van der Waals surface area contributed by atoms with Crippen LogP contribution >= 0.6 is 11.9 Å². The molecule has 0 radical (unpaired) electrons. The van der Waals surface area contributed by atoms with E-state index < -0.39 is 11.9 Å². The molecule has 3 N–H and O–H groups in total. The second-order valence-corrected chi connectivity index (χ2v) is 11.0. The van der Waals surface area contributed by atoms with Gasteiger partial charge in [0.25, 0.3) is 0 Å². The molecule has 1 aliphatic rings. The van der Waals surface area contributed by atoms with E-state index in [9.17, 15) is 13.2 Å². The first kappa shape index (κ1) is 28.6. The number of ether oxygens (including phenoxy) is 1. The number of fused-ring (bicyclic) bond motifs is 1. The van der Waals surface area contributed by atoms with Crippen molar-refractivity contribution in [2.24, 2.45) is 7.05 Å². The number of nitrogens with two attached hydrogens (primary N) is 1. The topological polar surface area (TPSA) is 107 Å². The van der Waals surface area contributed by atoms with Gasteiger partial charge in [0, 0.05) is 67.4 Å². The lowest BCUT2D eigenvalue weighted by Gasteiger charge is -2.19. The second-order valence-electron chi connectivity index (χ2n) is 10.2. The minimum Gasteiger partial charge on any atom is -0.484 e. The van der Waals surface area contributed by atoms with E-state index >= 15 is 0 Å². The number of nitrogen functional groups attached to an aromatic ring is 1. The van der Waals surface area contributed by atoms with Crippen LogP contribution in [0.2, 0.25) is 0 Å². The molecule has 1 aliphatic heterocycles. The van der Waals surface area contributed by atoms with Gasteiger partial charge in [0.2, 0.25) is 5.95 Å². The Morgan fingerprint density at radius 1 is 0.977 bits per heavy atom. The maximum Gasteiger partial charge on any atom is 0.302 e. The Kier molecular flexibility index (Phi) is 7.98. The number of nitrogens with one attached hydrogen (secondary N) is 1. The number of rotatable bonds is 9. The molecule has 43 heavy (non-hydrogen) atoms. The average Bonchev–Trinajstić information content (AvgIpc) is 3.66. The van der Waals surface area contributed by atoms with Crippen molar-refractivity contribution in [1.82, 2.24) is 24.7 Å². The Morgan fingerprint density at radius 3 is 2.40 bits per heavy atom. The Bertz CT molecular complexity index is 1740. The summed E-state index contributed by atoms with van der Waals surface area (Å²) in [6.07, 6.45) is 7.01. The van der Waals surface area contributed by atoms with Crippen molar-refractivity contribution in [1.29, 1.82) is 0 Å². The van der Waals surface area contributed by atoms with E-state index in [2.05, 4.69) is 24.6 Å². The highest BCUT2D eigenvalue weighted by Gasteiger charge is 2.22. The zero-order chi connectivity index (χ0) is 30.1. The molecule has 1 atom stereocenters. The lowest BCUT2D eigenvalue weighted by Crippen LogP contribution is -2.20. The Balaban J connectivity index is 1.39. The molecule has 2 aromatic carbocycles. The molecule has 3 aromatic heterocycles. The summed E-state index contributed by atoms with van der Waals surface area (Å²) in [5.41, 5.74) is 11.0. The first-order chi connectivity index (χ1) is 20.8. The summed E-state index contributed by atoms with van der Waals surface area (Å²) >= 11 is 0.265. The lowest BCUT2D eigenvalue weighted by molar-refractivity contribution is 0.228. The molecule has 0 saturated carbocycles. The summed E-state index contributed by atoms with van der Waals surface area (Å²) in [6.45, 7) is 3.69. The third-order valence-corrected chi connectivity index (χ3v) is 7.90. The molecule has 4 heterocycles. The number of alkyl halides is 2. The van der Waals surface area contributed by atoms with Gasteiger partial charge < -0.3 is 20.1 Å². The molecule has 222 valence electrons. The smallest absolute Gasteiger partial charge is 0.302 e. The zero-order valence-corrected chi connectivity index (χ0v) is 24.3. The summed E-state index contributed by atoms with van der Waals surface area (Å²) in [4.78, 5) is 15.8. The maximum atomic E-state index is 13.5. The number of aryl methyl sites for hydroxylation is 1. The number of hydrogen-bond donors (Lipinski definition) is 2. The number of nitrogens with zero attached hydrogens (tertiary/aromatic N) is 6. The fourth-order valence-electron chi connectivity index (χ4n) is 5.24. The standard InChI is InChI=1S/C30H29F3N8OS/c1-17(18-5-8-21(31)9-6-18)42-24-13-19(7-10-23(24)39-43-29(32)33)26-25-27(40(2)38-26)22(16-35-28(25)34)20-14-36-30(37-15-20)41-11-3-4-12-41/h5-10,13-17,29,39H,3-4,11-12H2,1-2H3,(H2,34,35). The predicted octanol–water partition coefficient (Wildman–Crippen LogP) is 6.84. The van der Waals surface area contributed by atoms with Crippen molar-refractivity contribution in [3.63, 3.8) is 0 Å². The number of halogens is 3. The third-order valence-electron chi connectivity index (χ3n) is 7.39. The first-order valence-electron chi connectivity index (χ1n) is 13.7. The van der Waals surface area contributed by atoms with Crippen LogP contribution in [0.4, 0.5) is 30.6 Å². The van der Waals surface area contributed by atoms with E-state index in [1.54, 1.807) is 60.5 Å². The Morgan fingerprint density at radius 2 is 1.70 bits per heavy atom. The van der Waals surface area contributed by atoms with Gasteiger partial charge in [-0.05, 0) is 49.6 Å². The van der Waals surface area contributed by atoms with Crippen LogP contribution in [-0.2, 0) is 7.05 Å². The average molecular weight is 607 g/mol. The van der Waals surface area contributed by atoms with Crippen LogP contribution < -0.4 is 20.1 Å². The highest BCUT2D eigenvalue weighted by molar-refractivity contribution is 8.00. The fraction of sp³-hybridized carbons (Fsp3) is 0.267. The van der Waals surface area contributed by atoms with Crippen LogP contribution in [0.1, 0.15) is 31.4 Å². The normalized spacial score (nSPS) is 14.0. The molecule has 0 spiro atoms. The van der Waals surface area contributed by atoms with Gasteiger partial charge in [0.05, 0.1) is 16.6 Å². The van der Waals surface area contributed by atoms with Crippen molar-refractivity contribution in [3.8, 4) is 28.1 Å². The van der Waals surface area contributed by atoms with Gasteiger partial charge in [-0.3, -0.25) is 4.68 Å². The second kappa shape index (κ2) is 12.0. The molecule has 1 saturated heterocycles. The molecule has 0 bridgehead atoms. The van der Waals surface area contributed by atoms with E-state index in [1.165, 1.54) is 12.1 Å². The fourth-order valence-corrected chi connectivity index (χ4v) is 5.63. The van der Waals surface area contributed by atoms with Gasteiger partial charge in [-0.2, -0.15) is 13.9 Å². The third kappa shape index (κ3) is 5.89. The van der Waals surface area contributed by atoms with Crippen LogP contribution in [0.3, 0.4) is 0 Å². The summed E-state index contributed by atoms with van der Waals surface area (Å²) in [6, 6.07) is 11.0. The molecule has 1 unspecified atom stereocenters. The van der Waals surface area contributed by atoms with Crippen LogP contribution in [-0.4, -0.2) is 43.6 Å². The van der Waals surface area contributed by atoms with E-state index in [1.807, 2.05) is 7.05 Å². The van der Waals surface area contributed by atoms with Crippen LogP contribution in [0, 0.1) is 5.82 Å². The number of aromatic nitrogens is 5. The van der Waals surface area contributed by atoms with Crippen LogP contribution in [0.15, 0.2) is 61.1 Å². The largest absolute Gasteiger partial charge is 0.484 e. The molecule has 9 nitrogen and oxygen atoms in total. The highest BCUT2D eigenvalue weighted by Crippen LogP contribution is 2.40. The molecule has 0 amide bonds. The molecule has 13 heteroatoms. The van der Waals surface area contributed by atoms with E-state index in [0.717, 1.165) is 48.1 Å². The van der Waals surface area contributed by atoms with Gasteiger partial charge in [-0.25, -0.2) is 19.3 Å². The van der Waals surface area contributed by atoms with Crippen molar-refractivity contribution in [3.05, 3.63) is 72.4 Å². The summed E-state index contributed by atoms with van der Waals surface area (Å²) in [5, 5.41) is 5.41. The summed E-state index contributed by atoms with van der Waals surface area (Å²) in [5.74, 6) is -1.70. The molecule has 6 rings (SSSR count). The van der Waals surface area contributed by atoms with Crippen molar-refractivity contribution in [2.45, 2.75) is 31.6 Å². The molecular formula is C30H29F3N8OS. The molecule has 1 fully saturated rings. The minimum atomic E-state index is -2.64. The molecule has 0 aliphatic carbocycles. The number of anilines is 3. The quantitative estimate of drug-likeness (QED) is 0.175. The van der Waals surface area contributed by atoms with Crippen molar-refractivity contribution < 1.29 is 17.9 Å². The molecular weight excluding hydrogens is 577 g/mol. The first-order valence-corrected chi connectivity index (χ1v) is 14.6. The minimum absolute atomic E-state index is 0.265. The summed E-state index contributed by atoms with van der Waals surface area (Å²) < 4.78 is 50.2. The van der Waals surface area contributed by atoms with Gasteiger partial charge in [0.1, 0.15) is 29.2 Å². The lowest BCUT2D eigenvalue weighted by atomic mass is 10.0. The van der Waals surface area contributed by atoms with Crippen molar-refractivity contribution >= 4 is 40.3 Å². The Labute approximate surface area is 250 Å². The van der Waals surface area contributed by atoms with Gasteiger partial charge in [-0.1, -0.05) is 18.2 Å². The predicted molar refractivity (Wildman–Crippen MR) is 163 cm³/mol. The Hall–Kier alpha value is -4.52. The van der Waals surface area contributed by atoms with E-state index in [-0.39, 0.29) is 23.6 Å². The monoisotopic (exact) mass is 606 g/mol. The van der Waals surface area contributed by atoms with Gasteiger partial charge in [-0.15, -0.1) is 0 Å². The zero-order valence-electron chi connectivity index (χ0n) is 23.5.